The van der Waals surface area contributed by atoms with Gasteiger partial charge in [-0.25, -0.2) is 0 Å². The third-order valence-corrected chi connectivity index (χ3v) is 3.85. The molecule has 0 aliphatic heterocycles. The molecule has 0 heterocycles. The summed E-state index contributed by atoms with van der Waals surface area (Å²) in [5.74, 6) is -1.66. The molecular formula is C20H22N2O4. The molecule has 6 heteroatoms. The Kier molecular flexibility index (Phi) is 6.91. The number of carboxylic acids is 1. The number of carboxylic acid groups (broad SMARTS) is 1. The number of carbonyl (C=O) groups excluding carboxylic acids is 2. The minimum Gasteiger partial charge on any atom is -0.480 e. The van der Waals surface area contributed by atoms with Crippen LogP contribution in [0.4, 0.5) is 0 Å². The van der Waals surface area contributed by atoms with Crippen molar-refractivity contribution < 1.29 is 19.5 Å². The van der Waals surface area contributed by atoms with Crippen LogP contribution in [0.3, 0.4) is 0 Å². The minimum atomic E-state index is -1.08. The Morgan fingerprint density at radius 1 is 1.00 bits per heavy atom. The first-order valence-electron chi connectivity index (χ1n) is 8.31. The minimum absolute atomic E-state index is 0.0102. The van der Waals surface area contributed by atoms with Crippen LogP contribution < -0.4 is 5.32 Å². The van der Waals surface area contributed by atoms with Gasteiger partial charge in [0.05, 0.1) is 12.5 Å². The summed E-state index contributed by atoms with van der Waals surface area (Å²) < 4.78 is 0. The highest BCUT2D eigenvalue weighted by Gasteiger charge is 2.23. The van der Waals surface area contributed by atoms with Gasteiger partial charge in [0.25, 0.3) is 0 Å². The Labute approximate surface area is 152 Å². The predicted octanol–water partition coefficient (Wildman–Crippen LogP) is 2.37. The number of benzene rings is 2. The van der Waals surface area contributed by atoms with Crippen LogP contribution in [0.15, 0.2) is 60.7 Å². The molecule has 0 aliphatic rings. The predicted molar refractivity (Wildman–Crippen MR) is 97.1 cm³/mol. The van der Waals surface area contributed by atoms with E-state index < -0.39 is 18.6 Å². The van der Waals surface area contributed by atoms with E-state index in [0.29, 0.717) is 0 Å². The smallest absolute Gasteiger partial charge is 0.323 e. The van der Waals surface area contributed by atoms with Gasteiger partial charge in [-0.05, 0) is 11.1 Å². The quantitative estimate of drug-likeness (QED) is 0.762. The van der Waals surface area contributed by atoms with Gasteiger partial charge in [-0.2, -0.15) is 0 Å². The van der Waals surface area contributed by atoms with E-state index in [2.05, 4.69) is 5.32 Å². The monoisotopic (exact) mass is 354 g/mol. The lowest BCUT2D eigenvalue weighted by Crippen LogP contribution is -2.38. The fourth-order valence-corrected chi connectivity index (χ4v) is 2.69. The Bertz CT molecular complexity index is 747. The summed E-state index contributed by atoms with van der Waals surface area (Å²) in [4.78, 5) is 36.7. The Balaban J connectivity index is 2.16. The van der Waals surface area contributed by atoms with Crippen LogP contribution in [0.25, 0.3) is 0 Å². The van der Waals surface area contributed by atoms with Gasteiger partial charge in [-0.3, -0.25) is 14.4 Å². The zero-order valence-corrected chi connectivity index (χ0v) is 14.6. The number of rotatable bonds is 8. The molecule has 0 saturated heterocycles. The zero-order valence-electron chi connectivity index (χ0n) is 14.6. The topological polar surface area (TPSA) is 86.7 Å². The van der Waals surface area contributed by atoms with Gasteiger partial charge in [0.1, 0.15) is 6.54 Å². The molecule has 136 valence electrons. The molecule has 6 nitrogen and oxygen atoms in total. The Hall–Kier alpha value is -3.15. The van der Waals surface area contributed by atoms with Crippen LogP contribution in [-0.4, -0.2) is 34.3 Å². The van der Waals surface area contributed by atoms with E-state index in [4.69, 9.17) is 5.11 Å². The van der Waals surface area contributed by atoms with E-state index >= 15 is 0 Å². The van der Waals surface area contributed by atoms with Gasteiger partial charge in [-0.15, -0.1) is 0 Å². The molecule has 2 amide bonds. The van der Waals surface area contributed by atoms with Crippen molar-refractivity contribution in [3.63, 3.8) is 0 Å². The van der Waals surface area contributed by atoms with Crippen LogP contribution >= 0.6 is 0 Å². The molecule has 0 bridgehead atoms. The van der Waals surface area contributed by atoms with E-state index in [0.717, 1.165) is 11.1 Å². The summed E-state index contributed by atoms with van der Waals surface area (Å²) in [6, 6.07) is 17.9. The van der Waals surface area contributed by atoms with Crippen molar-refractivity contribution in [2.75, 3.05) is 6.54 Å². The SMILES string of the molecule is CC(=O)N[C@H](CC(=O)N(CC(=O)O)Cc1ccccc1)c1ccccc1. The highest BCUT2D eigenvalue weighted by molar-refractivity contribution is 5.82. The van der Waals surface area contributed by atoms with Crippen LogP contribution in [0, 0.1) is 0 Å². The summed E-state index contributed by atoms with van der Waals surface area (Å²) in [5.41, 5.74) is 1.64. The van der Waals surface area contributed by atoms with E-state index in [1.54, 1.807) is 0 Å². The molecule has 1 atom stereocenters. The molecule has 2 aromatic rings. The molecule has 0 spiro atoms. The summed E-state index contributed by atoms with van der Waals surface area (Å²) in [7, 11) is 0. The van der Waals surface area contributed by atoms with Crippen LogP contribution in [0.1, 0.15) is 30.5 Å². The number of nitrogens with one attached hydrogen (secondary N) is 1. The summed E-state index contributed by atoms with van der Waals surface area (Å²) in [6.45, 7) is 1.20. The maximum Gasteiger partial charge on any atom is 0.323 e. The third-order valence-electron chi connectivity index (χ3n) is 3.85. The molecule has 2 rings (SSSR count). The van der Waals surface area contributed by atoms with Crippen LogP contribution in [-0.2, 0) is 20.9 Å². The van der Waals surface area contributed by atoms with E-state index in [-0.39, 0.29) is 24.8 Å². The Morgan fingerprint density at radius 2 is 1.58 bits per heavy atom. The van der Waals surface area contributed by atoms with E-state index in [9.17, 15) is 14.4 Å². The first kappa shape index (κ1) is 19.2. The van der Waals surface area contributed by atoms with E-state index in [1.807, 2.05) is 60.7 Å². The van der Waals surface area contributed by atoms with Gasteiger partial charge in [0.2, 0.25) is 11.8 Å². The number of nitrogens with zero attached hydrogens (tertiary/aromatic N) is 1. The Morgan fingerprint density at radius 3 is 2.12 bits per heavy atom. The lowest BCUT2D eigenvalue weighted by molar-refractivity contribution is -0.145. The number of carbonyl (C=O) groups is 3. The normalized spacial score (nSPS) is 11.4. The first-order valence-corrected chi connectivity index (χ1v) is 8.31. The molecular weight excluding hydrogens is 332 g/mol. The lowest BCUT2D eigenvalue weighted by atomic mass is 10.0. The van der Waals surface area contributed by atoms with Crippen LogP contribution in [0.2, 0.25) is 0 Å². The average Bonchev–Trinajstić information content (AvgIpc) is 2.61. The highest BCUT2D eigenvalue weighted by Crippen LogP contribution is 2.19. The molecule has 0 saturated carbocycles. The highest BCUT2D eigenvalue weighted by atomic mass is 16.4. The van der Waals surface area contributed by atoms with Gasteiger partial charge in [0, 0.05) is 13.5 Å². The van der Waals surface area contributed by atoms with E-state index in [1.165, 1.54) is 11.8 Å². The molecule has 0 unspecified atom stereocenters. The number of amides is 2. The molecule has 26 heavy (non-hydrogen) atoms. The lowest BCUT2D eigenvalue weighted by Gasteiger charge is -2.24. The maximum atomic E-state index is 12.8. The molecule has 0 aromatic heterocycles. The first-order chi connectivity index (χ1) is 12.5. The molecule has 0 radical (unpaired) electrons. The van der Waals surface area contributed by atoms with Crippen molar-refractivity contribution >= 4 is 17.8 Å². The van der Waals surface area contributed by atoms with Gasteiger partial charge in [0.15, 0.2) is 0 Å². The number of aliphatic carboxylic acids is 1. The standard InChI is InChI=1S/C20H22N2O4/c1-15(23)21-18(17-10-6-3-7-11-17)12-19(24)22(14-20(25)26)13-16-8-4-2-5-9-16/h2-11,18H,12-14H2,1H3,(H,21,23)(H,25,26)/t18-/m1/s1. The van der Waals surface area contributed by atoms with Crippen molar-refractivity contribution in [1.29, 1.82) is 0 Å². The van der Waals surface area contributed by atoms with Gasteiger partial charge in [-0.1, -0.05) is 60.7 Å². The largest absolute Gasteiger partial charge is 0.480 e. The molecule has 0 fully saturated rings. The summed E-state index contributed by atoms with van der Waals surface area (Å²) in [6.07, 6.45) is -0.0102. The number of hydrogen-bond donors (Lipinski definition) is 2. The fourth-order valence-electron chi connectivity index (χ4n) is 2.69. The second-order valence-electron chi connectivity index (χ2n) is 6.00. The van der Waals surface area contributed by atoms with Crippen molar-refractivity contribution in [2.45, 2.75) is 25.9 Å². The molecule has 2 aromatic carbocycles. The zero-order chi connectivity index (χ0) is 18.9. The second kappa shape index (κ2) is 9.36. The van der Waals surface area contributed by atoms with Gasteiger partial charge < -0.3 is 15.3 Å². The van der Waals surface area contributed by atoms with Crippen molar-refractivity contribution in [1.82, 2.24) is 10.2 Å². The number of hydrogen-bond acceptors (Lipinski definition) is 3. The molecule has 2 N–H and O–H groups in total. The van der Waals surface area contributed by atoms with Gasteiger partial charge >= 0.3 is 5.97 Å². The fraction of sp³-hybridized carbons (Fsp3) is 0.250. The average molecular weight is 354 g/mol. The van der Waals surface area contributed by atoms with Crippen LogP contribution in [0.5, 0.6) is 0 Å². The maximum absolute atomic E-state index is 12.8. The summed E-state index contributed by atoms with van der Waals surface area (Å²) in [5, 5.41) is 11.9. The van der Waals surface area contributed by atoms with Crippen molar-refractivity contribution in [3.8, 4) is 0 Å². The third kappa shape index (κ3) is 6.05. The van der Waals surface area contributed by atoms with Crippen molar-refractivity contribution in [3.05, 3.63) is 71.8 Å². The molecule has 0 aliphatic carbocycles. The van der Waals surface area contributed by atoms with Crippen molar-refractivity contribution in [2.24, 2.45) is 0 Å². The summed E-state index contributed by atoms with van der Waals surface area (Å²) >= 11 is 0. The second-order valence-corrected chi connectivity index (χ2v) is 6.00.